The van der Waals surface area contributed by atoms with Crippen LogP contribution in [0.25, 0.3) is 0 Å². The summed E-state index contributed by atoms with van der Waals surface area (Å²) in [7, 11) is 0.735. The molecule has 1 heterocycles. The Hall–Kier alpha value is -0.660. The Kier molecular flexibility index (Phi) is 4.28. The maximum Gasteiger partial charge on any atom is 0.349 e. The van der Waals surface area contributed by atoms with Gasteiger partial charge in [0.25, 0.3) is 9.05 Å². The van der Waals surface area contributed by atoms with Crippen LogP contribution in [0.5, 0.6) is 0 Å². The van der Waals surface area contributed by atoms with Gasteiger partial charge in [-0.3, -0.25) is 0 Å². The van der Waals surface area contributed by atoms with Crippen molar-refractivity contribution in [3.8, 4) is 0 Å². The average molecular weight is 287 g/mol. The second-order valence-corrected chi connectivity index (χ2v) is 6.20. The van der Waals surface area contributed by atoms with Crippen LogP contribution in [-0.2, 0) is 13.8 Å². The van der Waals surface area contributed by atoms with Gasteiger partial charge in [0.05, 0.1) is 6.61 Å². The highest BCUT2D eigenvalue weighted by atomic mass is 35.7. The molecule has 0 aliphatic heterocycles. The van der Waals surface area contributed by atoms with Crippen molar-refractivity contribution in [1.82, 2.24) is 0 Å². The van der Waals surface area contributed by atoms with Gasteiger partial charge < -0.3 is 4.74 Å². The van der Waals surface area contributed by atoms with Crippen molar-refractivity contribution in [1.29, 1.82) is 0 Å². The zero-order valence-corrected chi connectivity index (χ0v) is 10.6. The molecule has 1 rings (SSSR count). The van der Waals surface area contributed by atoms with Crippen molar-refractivity contribution in [2.24, 2.45) is 0 Å². The van der Waals surface area contributed by atoms with Crippen LogP contribution in [0, 0.1) is 5.82 Å². The highest BCUT2D eigenvalue weighted by molar-refractivity contribution is 8.13. The van der Waals surface area contributed by atoms with Gasteiger partial charge >= 0.3 is 5.97 Å². The SMILES string of the molecule is CCCOC(=O)c1scc(F)c1S(=O)(=O)Cl. The molecule has 1 aromatic rings. The van der Waals surface area contributed by atoms with E-state index in [0.29, 0.717) is 17.8 Å². The maximum atomic E-state index is 13.1. The highest BCUT2D eigenvalue weighted by Crippen LogP contribution is 2.29. The lowest BCUT2D eigenvalue weighted by atomic mass is 10.4. The number of halogens is 2. The van der Waals surface area contributed by atoms with E-state index < -0.39 is 25.7 Å². The third kappa shape index (κ3) is 2.93. The molecule has 0 saturated carbocycles. The summed E-state index contributed by atoms with van der Waals surface area (Å²) in [6.07, 6.45) is 0.586. The minimum atomic E-state index is -4.28. The van der Waals surface area contributed by atoms with Gasteiger partial charge in [-0.2, -0.15) is 0 Å². The first-order valence-electron chi connectivity index (χ1n) is 4.26. The maximum absolute atomic E-state index is 13.1. The summed E-state index contributed by atoms with van der Waals surface area (Å²) in [5.41, 5.74) is 0. The van der Waals surface area contributed by atoms with Crippen molar-refractivity contribution in [3.05, 3.63) is 16.1 Å². The predicted octanol–water partition coefficient (Wildman–Crippen LogP) is 2.38. The van der Waals surface area contributed by atoms with E-state index in [-0.39, 0.29) is 11.5 Å². The van der Waals surface area contributed by atoms with Crippen LogP contribution >= 0.6 is 22.0 Å². The van der Waals surface area contributed by atoms with E-state index in [9.17, 15) is 17.6 Å². The molecule has 4 nitrogen and oxygen atoms in total. The topological polar surface area (TPSA) is 60.4 Å². The molecule has 0 N–H and O–H groups in total. The van der Waals surface area contributed by atoms with Gasteiger partial charge in [0.1, 0.15) is 9.77 Å². The smallest absolute Gasteiger partial charge is 0.349 e. The van der Waals surface area contributed by atoms with Gasteiger partial charge in [-0.1, -0.05) is 6.92 Å². The van der Waals surface area contributed by atoms with Crippen molar-refractivity contribution in [2.45, 2.75) is 18.2 Å². The largest absolute Gasteiger partial charge is 0.461 e. The number of hydrogen-bond acceptors (Lipinski definition) is 5. The molecule has 0 spiro atoms. The van der Waals surface area contributed by atoms with Crippen molar-refractivity contribution < 1.29 is 22.3 Å². The molecule has 0 aliphatic carbocycles. The molecule has 0 aromatic carbocycles. The lowest BCUT2D eigenvalue weighted by Gasteiger charge is -2.02. The zero-order chi connectivity index (χ0) is 12.3. The normalized spacial score (nSPS) is 11.4. The minimum Gasteiger partial charge on any atom is -0.461 e. The first-order chi connectivity index (χ1) is 7.38. The number of carbonyl (C=O) groups is 1. The fourth-order valence-corrected chi connectivity index (χ4v) is 3.39. The predicted molar refractivity (Wildman–Crippen MR) is 57.9 cm³/mol. The lowest BCUT2D eigenvalue weighted by Crippen LogP contribution is -2.08. The fraction of sp³-hybridized carbons (Fsp3) is 0.375. The van der Waals surface area contributed by atoms with E-state index in [1.807, 2.05) is 0 Å². The van der Waals surface area contributed by atoms with Crippen molar-refractivity contribution in [3.63, 3.8) is 0 Å². The molecule has 90 valence electrons. The molecule has 0 unspecified atom stereocenters. The van der Waals surface area contributed by atoms with Gasteiger partial charge in [0, 0.05) is 16.1 Å². The quantitative estimate of drug-likeness (QED) is 0.630. The van der Waals surface area contributed by atoms with Gasteiger partial charge in [-0.25, -0.2) is 17.6 Å². The van der Waals surface area contributed by atoms with Gasteiger partial charge in [-0.05, 0) is 6.42 Å². The van der Waals surface area contributed by atoms with E-state index in [1.54, 1.807) is 6.92 Å². The van der Waals surface area contributed by atoms with Gasteiger partial charge in [0.15, 0.2) is 5.82 Å². The molecule has 0 atom stereocenters. The summed E-state index contributed by atoms with van der Waals surface area (Å²) in [6.45, 7) is 1.92. The molecule has 16 heavy (non-hydrogen) atoms. The first kappa shape index (κ1) is 13.4. The molecular formula is C8H8ClFO4S2. The summed E-state index contributed by atoms with van der Waals surface area (Å²) in [4.78, 5) is 10.2. The van der Waals surface area contributed by atoms with Crippen LogP contribution in [0.2, 0.25) is 0 Å². The Labute approximate surface area is 100 Å². The molecule has 0 radical (unpaired) electrons. The summed E-state index contributed by atoms with van der Waals surface area (Å²) in [6, 6.07) is 0. The van der Waals surface area contributed by atoms with Gasteiger partial charge in [0.2, 0.25) is 0 Å². The standard InChI is InChI=1S/C8H8ClFO4S2/c1-2-3-14-8(11)6-7(16(9,12)13)5(10)4-15-6/h4H,2-3H2,1H3. The van der Waals surface area contributed by atoms with E-state index >= 15 is 0 Å². The summed E-state index contributed by atoms with van der Waals surface area (Å²) in [5.74, 6) is -1.92. The lowest BCUT2D eigenvalue weighted by molar-refractivity contribution is 0.0506. The van der Waals surface area contributed by atoms with Crippen LogP contribution < -0.4 is 0 Å². The molecular weight excluding hydrogens is 279 g/mol. The van der Waals surface area contributed by atoms with E-state index in [1.165, 1.54) is 0 Å². The second-order valence-electron chi connectivity index (χ2n) is 2.82. The Balaban J connectivity index is 3.11. The molecule has 0 amide bonds. The molecule has 0 aliphatic rings. The summed E-state index contributed by atoms with van der Waals surface area (Å²) < 4.78 is 39.9. The van der Waals surface area contributed by atoms with Gasteiger partial charge in [-0.15, -0.1) is 11.3 Å². The van der Waals surface area contributed by atoms with E-state index in [4.69, 9.17) is 15.4 Å². The summed E-state index contributed by atoms with van der Waals surface area (Å²) in [5, 5.41) is 0.901. The number of hydrogen-bond donors (Lipinski definition) is 0. The number of thiophene rings is 1. The van der Waals surface area contributed by atoms with Crippen LogP contribution in [0.3, 0.4) is 0 Å². The monoisotopic (exact) mass is 286 g/mol. The van der Waals surface area contributed by atoms with Crippen molar-refractivity contribution in [2.75, 3.05) is 6.61 Å². The van der Waals surface area contributed by atoms with E-state index in [0.717, 1.165) is 5.38 Å². The third-order valence-electron chi connectivity index (χ3n) is 1.57. The molecule has 0 fully saturated rings. The number of carbonyl (C=O) groups excluding carboxylic acids is 1. The Bertz CT molecular complexity index is 494. The second kappa shape index (κ2) is 5.11. The zero-order valence-electron chi connectivity index (χ0n) is 8.20. The fourth-order valence-electron chi connectivity index (χ4n) is 0.954. The van der Waals surface area contributed by atoms with Crippen LogP contribution in [0.4, 0.5) is 4.39 Å². The number of esters is 1. The van der Waals surface area contributed by atoms with Crippen LogP contribution in [0.15, 0.2) is 10.3 Å². The Morgan fingerprint density at radius 3 is 2.75 bits per heavy atom. The van der Waals surface area contributed by atoms with Crippen LogP contribution in [0.1, 0.15) is 23.0 Å². The number of ether oxygens (including phenoxy) is 1. The average Bonchev–Trinajstić information content (AvgIpc) is 2.56. The Morgan fingerprint density at radius 1 is 1.62 bits per heavy atom. The Morgan fingerprint density at radius 2 is 2.25 bits per heavy atom. The first-order valence-corrected chi connectivity index (χ1v) is 7.45. The molecule has 0 bridgehead atoms. The van der Waals surface area contributed by atoms with Crippen molar-refractivity contribution >= 4 is 37.0 Å². The van der Waals surface area contributed by atoms with Crippen LogP contribution in [-0.4, -0.2) is 21.0 Å². The molecule has 8 heteroatoms. The summed E-state index contributed by atoms with van der Waals surface area (Å²) >= 11 is 0.648. The molecule has 1 aromatic heterocycles. The third-order valence-corrected chi connectivity index (χ3v) is 3.98. The molecule has 0 saturated heterocycles. The minimum absolute atomic E-state index is 0.139. The highest BCUT2D eigenvalue weighted by Gasteiger charge is 2.28. The number of rotatable bonds is 4. The van der Waals surface area contributed by atoms with E-state index in [2.05, 4.69) is 0 Å².